The summed E-state index contributed by atoms with van der Waals surface area (Å²) < 4.78 is 34.7. The lowest BCUT2D eigenvalue weighted by Crippen LogP contribution is -2.51. The molecule has 0 aliphatic carbocycles. The molecule has 0 N–H and O–H groups in total. The fourth-order valence-electron chi connectivity index (χ4n) is 4.51. The number of carbonyl (C=O) groups is 2. The van der Waals surface area contributed by atoms with Crippen LogP contribution < -0.4 is 0 Å². The molecule has 2 fully saturated rings. The van der Waals surface area contributed by atoms with Gasteiger partial charge in [0.05, 0.1) is 17.7 Å². The molecule has 33 heavy (non-hydrogen) atoms. The highest BCUT2D eigenvalue weighted by atomic mass is 32.2. The summed E-state index contributed by atoms with van der Waals surface area (Å²) in [7, 11) is -3.65. The Morgan fingerprint density at radius 3 is 2.30 bits per heavy atom. The first-order valence-electron chi connectivity index (χ1n) is 11.3. The van der Waals surface area contributed by atoms with Crippen molar-refractivity contribution in [2.45, 2.75) is 45.1 Å². The molecule has 2 saturated heterocycles. The lowest BCUT2D eigenvalue weighted by atomic mass is 10.0. The molecule has 2 aromatic rings. The predicted molar refractivity (Wildman–Crippen MR) is 120 cm³/mol. The van der Waals surface area contributed by atoms with Crippen LogP contribution in [0.15, 0.2) is 27.7 Å². The van der Waals surface area contributed by atoms with Gasteiger partial charge in [-0.2, -0.15) is 9.40 Å². The Kier molecular flexibility index (Phi) is 6.62. The number of carbonyl (C=O) groups excluding carboxylic acids is 2. The standard InChI is InChI=1S/C22H31N5O5S/c1-16-6-8-26(9-7-16)33(30,31)21-17(2)23-27(18(21)3)15-20(28)24-10-12-25(13-11-24)22(29)19-5-4-14-32-19/h4-5,14,16H,6-13,15H2,1-3H3. The van der Waals surface area contributed by atoms with E-state index < -0.39 is 10.0 Å². The Bertz CT molecular complexity index is 1110. The first-order chi connectivity index (χ1) is 15.7. The van der Waals surface area contributed by atoms with Crippen molar-refractivity contribution in [3.05, 3.63) is 35.5 Å². The highest BCUT2D eigenvalue weighted by Gasteiger charge is 2.34. The number of rotatable bonds is 5. The van der Waals surface area contributed by atoms with Crippen molar-refractivity contribution in [2.24, 2.45) is 5.92 Å². The quantitative estimate of drug-likeness (QED) is 0.646. The second-order valence-electron chi connectivity index (χ2n) is 8.89. The number of furan rings is 1. The van der Waals surface area contributed by atoms with Crippen molar-refractivity contribution in [3.8, 4) is 0 Å². The number of nitrogens with zero attached hydrogens (tertiary/aromatic N) is 5. The Balaban J connectivity index is 1.41. The summed E-state index contributed by atoms with van der Waals surface area (Å²) in [6.45, 7) is 8.12. The Morgan fingerprint density at radius 2 is 1.70 bits per heavy atom. The summed E-state index contributed by atoms with van der Waals surface area (Å²) >= 11 is 0. The number of sulfonamides is 1. The molecule has 0 unspecified atom stereocenters. The van der Waals surface area contributed by atoms with Crippen LogP contribution in [0.25, 0.3) is 0 Å². The van der Waals surface area contributed by atoms with E-state index >= 15 is 0 Å². The molecule has 0 aromatic carbocycles. The maximum Gasteiger partial charge on any atom is 0.289 e. The van der Waals surface area contributed by atoms with Crippen LogP contribution in [0.3, 0.4) is 0 Å². The summed E-state index contributed by atoms with van der Waals surface area (Å²) in [6.07, 6.45) is 3.15. The molecule has 10 nitrogen and oxygen atoms in total. The van der Waals surface area contributed by atoms with E-state index in [1.54, 1.807) is 35.8 Å². The monoisotopic (exact) mass is 477 g/mol. The largest absolute Gasteiger partial charge is 0.459 e. The van der Waals surface area contributed by atoms with Crippen molar-refractivity contribution in [1.82, 2.24) is 23.9 Å². The van der Waals surface area contributed by atoms with Crippen molar-refractivity contribution in [3.63, 3.8) is 0 Å². The van der Waals surface area contributed by atoms with Crippen LogP contribution in [0, 0.1) is 19.8 Å². The predicted octanol–water partition coefficient (Wildman–Crippen LogP) is 1.50. The summed E-state index contributed by atoms with van der Waals surface area (Å²) in [5, 5.41) is 4.38. The normalized spacial score (nSPS) is 18.6. The highest BCUT2D eigenvalue weighted by Crippen LogP contribution is 2.27. The zero-order chi connectivity index (χ0) is 23.8. The van der Waals surface area contributed by atoms with E-state index in [4.69, 9.17) is 4.42 Å². The van der Waals surface area contributed by atoms with Crippen molar-refractivity contribution in [1.29, 1.82) is 0 Å². The van der Waals surface area contributed by atoms with Gasteiger partial charge in [0.15, 0.2) is 5.76 Å². The molecule has 11 heteroatoms. The van der Waals surface area contributed by atoms with Gasteiger partial charge in [0, 0.05) is 39.3 Å². The van der Waals surface area contributed by atoms with Gasteiger partial charge in [-0.25, -0.2) is 8.42 Å². The third-order valence-corrected chi connectivity index (χ3v) is 8.74. The average molecular weight is 478 g/mol. The molecule has 4 rings (SSSR count). The van der Waals surface area contributed by atoms with Gasteiger partial charge in [0.1, 0.15) is 11.4 Å². The molecule has 2 aromatic heterocycles. The third-order valence-electron chi connectivity index (χ3n) is 6.59. The van der Waals surface area contributed by atoms with E-state index in [9.17, 15) is 18.0 Å². The molecular weight excluding hydrogens is 446 g/mol. The lowest BCUT2D eigenvalue weighted by molar-refractivity contribution is -0.133. The molecule has 0 bridgehead atoms. The van der Waals surface area contributed by atoms with E-state index in [1.165, 1.54) is 15.3 Å². The SMILES string of the molecule is Cc1nn(CC(=O)N2CCN(C(=O)c3ccco3)CC2)c(C)c1S(=O)(=O)N1CCC(C)CC1. The second kappa shape index (κ2) is 9.30. The number of hydrogen-bond donors (Lipinski definition) is 0. The maximum atomic E-state index is 13.3. The Hall–Kier alpha value is -2.66. The van der Waals surface area contributed by atoms with Gasteiger partial charge in [0.2, 0.25) is 15.9 Å². The number of piperazine rings is 1. The minimum absolute atomic E-state index is 0.0364. The van der Waals surface area contributed by atoms with Crippen LogP contribution in [0.2, 0.25) is 0 Å². The van der Waals surface area contributed by atoms with Crippen LogP contribution in [0.1, 0.15) is 41.7 Å². The molecule has 0 atom stereocenters. The first-order valence-corrected chi connectivity index (χ1v) is 12.8. The lowest BCUT2D eigenvalue weighted by Gasteiger charge is -2.34. The zero-order valence-corrected chi connectivity index (χ0v) is 20.2. The van der Waals surface area contributed by atoms with Gasteiger partial charge in [0.25, 0.3) is 5.91 Å². The third kappa shape index (κ3) is 4.70. The Morgan fingerprint density at radius 1 is 1.06 bits per heavy atom. The van der Waals surface area contributed by atoms with Crippen LogP contribution >= 0.6 is 0 Å². The number of piperidine rings is 1. The molecule has 180 valence electrons. The van der Waals surface area contributed by atoms with Crippen molar-refractivity contribution < 1.29 is 22.4 Å². The summed E-state index contributed by atoms with van der Waals surface area (Å²) in [4.78, 5) is 28.9. The number of aromatic nitrogens is 2. The Labute approximate surface area is 194 Å². The molecule has 0 spiro atoms. The van der Waals surface area contributed by atoms with Gasteiger partial charge in [-0.05, 0) is 44.7 Å². The van der Waals surface area contributed by atoms with Crippen molar-refractivity contribution >= 4 is 21.8 Å². The highest BCUT2D eigenvalue weighted by molar-refractivity contribution is 7.89. The fourth-order valence-corrected chi connectivity index (χ4v) is 6.35. The summed E-state index contributed by atoms with van der Waals surface area (Å²) in [5.74, 6) is 0.470. The van der Waals surface area contributed by atoms with Crippen LogP contribution in [-0.2, 0) is 21.4 Å². The van der Waals surface area contributed by atoms with E-state index in [0.29, 0.717) is 56.6 Å². The molecule has 0 radical (unpaired) electrons. The van der Waals surface area contributed by atoms with E-state index in [0.717, 1.165) is 12.8 Å². The summed E-state index contributed by atoms with van der Waals surface area (Å²) in [6, 6.07) is 3.29. The first kappa shape index (κ1) is 23.5. The van der Waals surface area contributed by atoms with Gasteiger partial charge < -0.3 is 14.2 Å². The number of amides is 2. The molecule has 0 saturated carbocycles. The molecule has 2 amide bonds. The summed E-state index contributed by atoms with van der Waals surface area (Å²) in [5.41, 5.74) is 0.888. The van der Waals surface area contributed by atoms with Gasteiger partial charge in [-0.3, -0.25) is 14.3 Å². The van der Waals surface area contributed by atoms with Crippen molar-refractivity contribution in [2.75, 3.05) is 39.3 Å². The maximum absolute atomic E-state index is 13.3. The minimum Gasteiger partial charge on any atom is -0.459 e. The minimum atomic E-state index is -3.65. The molecule has 2 aliphatic rings. The fraction of sp³-hybridized carbons (Fsp3) is 0.591. The van der Waals surface area contributed by atoms with Gasteiger partial charge in [-0.15, -0.1) is 0 Å². The number of aryl methyl sites for hydroxylation is 1. The van der Waals surface area contributed by atoms with E-state index in [2.05, 4.69) is 12.0 Å². The molecule has 4 heterocycles. The average Bonchev–Trinajstić information content (AvgIpc) is 3.42. The van der Waals surface area contributed by atoms with E-state index in [-0.39, 0.29) is 29.0 Å². The van der Waals surface area contributed by atoms with Gasteiger partial charge in [-0.1, -0.05) is 6.92 Å². The van der Waals surface area contributed by atoms with Crippen LogP contribution in [0.4, 0.5) is 0 Å². The zero-order valence-electron chi connectivity index (χ0n) is 19.4. The number of hydrogen-bond acceptors (Lipinski definition) is 6. The topological polar surface area (TPSA) is 109 Å². The van der Waals surface area contributed by atoms with E-state index in [1.807, 2.05) is 0 Å². The second-order valence-corrected chi connectivity index (χ2v) is 10.8. The van der Waals surface area contributed by atoms with Crippen LogP contribution in [0.5, 0.6) is 0 Å². The van der Waals surface area contributed by atoms with Crippen LogP contribution in [-0.4, -0.2) is 83.4 Å². The molecule has 2 aliphatic heterocycles. The molecular formula is C22H31N5O5S. The smallest absolute Gasteiger partial charge is 0.289 e. The van der Waals surface area contributed by atoms with Gasteiger partial charge >= 0.3 is 0 Å².